The Kier molecular flexibility index (Phi) is 9.88. The van der Waals surface area contributed by atoms with Gasteiger partial charge in [0.2, 0.25) is 17.7 Å². The maximum Gasteiger partial charge on any atom is 0.326 e. The second kappa shape index (κ2) is 11.8. The fraction of sp³-hybridized carbons (Fsp3) is 0.588. The molecule has 0 aromatic carbocycles. The molecule has 3 amide bonds. The Balaban J connectivity index is 2.91. The molecule has 0 aliphatic rings. The van der Waals surface area contributed by atoms with Crippen molar-refractivity contribution in [1.29, 1.82) is 0 Å². The number of aliphatic hydroxyl groups is 2. The number of carboxylic acid groups (broad SMARTS) is 1. The van der Waals surface area contributed by atoms with Crippen molar-refractivity contribution >= 4 is 23.7 Å². The second-order valence-electron chi connectivity index (χ2n) is 6.94. The van der Waals surface area contributed by atoms with Gasteiger partial charge < -0.3 is 42.0 Å². The van der Waals surface area contributed by atoms with E-state index >= 15 is 0 Å². The summed E-state index contributed by atoms with van der Waals surface area (Å²) in [5.74, 6) is -4.22. The van der Waals surface area contributed by atoms with Gasteiger partial charge in [0.15, 0.2) is 0 Å². The van der Waals surface area contributed by atoms with Gasteiger partial charge >= 0.3 is 5.97 Å². The van der Waals surface area contributed by atoms with Crippen molar-refractivity contribution in [3.8, 4) is 0 Å². The number of carboxylic acids is 1. The van der Waals surface area contributed by atoms with Crippen LogP contribution in [0.5, 0.6) is 0 Å². The molecule has 30 heavy (non-hydrogen) atoms. The Labute approximate surface area is 172 Å². The first kappa shape index (κ1) is 25.0. The molecule has 13 nitrogen and oxygen atoms in total. The highest BCUT2D eigenvalue weighted by molar-refractivity contribution is 5.94. The molecule has 0 saturated carbocycles. The molecule has 0 spiro atoms. The number of nitrogens with zero attached hydrogens (tertiary/aromatic N) is 1. The lowest BCUT2D eigenvalue weighted by atomic mass is 10.0. The molecule has 0 fully saturated rings. The van der Waals surface area contributed by atoms with Gasteiger partial charge in [-0.25, -0.2) is 9.78 Å². The lowest BCUT2D eigenvalue weighted by Gasteiger charge is -2.24. The van der Waals surface area contributed by atoms with Crippen molar-refractivity contribution in [2.24, 2.45) is 11.7 Å². The van der Waals surface area contributed by atoms with Crippen molar-refractivity contribution in [2.45, 2.75) is 44.4 Å². The van der Waals surface area contributed by atoms with Crippen LogP contribution in [-0.4, -0.2) is 86.4 Å². The molecule has 0 bridgehead atoms. The van der Waals surface area contributed by atoms with E-state index in [0.717, 1.165) is 0 Å². The van der Waals surface area contributed by atoms with Gasteiger partial charge in [-0.2, -0.15) is 0 Å². The number of imidazole rings is 1. The first-order valence-corrected chi connectivity index (χ1v) is 9.19. The predicted octanol–water partition coefficient (Wildman–Crippen LogP) is -3.54. The van der Waals surface area contributed by atoms with E-state index in [1.54, 1.807) is 13.8 Å². The van der Waals surface area contributed by atoms with Crippen molar-refractivity contribution in [3.05, 3.63) is 18.2 Å². The molecule has 9 N–H and O–H groups in total. The van der Waals surface area contributed by atoms with Gasteiger partial charge in [-0.3, -0.25) is 14.4 Å². The fourth-order valence-electron chi connectivity index (χ4n) is 2.42. The number of carbonyl (C=O) groups is 4. The van der Waals surface area contributed by atoms with Crippen LogP contribution in [-0.2, 0) is 25.6 Å². The van der Waals surface area contributed by atoms with Crippen molar-refractivity contribution in [2.75, 3.05) is 13.2 Å². The number of H-pyrrole nitrogens is 1. The van der Waals surface area contributed by atoms with E-state index < -0.39 is 67.0 Å². The largest absolute Gasteiger partial charge is 0.480 e. The molecule has 1 rings (SSSR count). The van der Waals surface area contributed by atoms with Gasteiger partial charge in [-0.1, -0.05) is 13.8 Å². The summed E-state index contributed by atoms with van der Waals surface area (Å²) in [6, 6.07) is -5.14. The van der Waals surface area contributed by atoms with E-state index in [1.165, 1.54) is 12.5 Å². The molecular formula is C17H28N6O7. The SMILES string of the molecule is CC(C)C(NC(=O)C(CO)NC(=O)C(Cc1cnc[nH]1)NC(=O)C(N)CO)C(=O)O. The number of aromatic amines is 1. The molecule has 1 aromatic rings. The smallest absolute Gasteiger partial charge is 0.326 e. The predicted molar refractivity (Wildman–Crippen MR) is 103 cm³/mol. The summed E-state index contributed by atoms with van der Waals surface area (Å²) in [6.45, 7) is 1.73. The minimum Gasteiger partial charge on any atom is -0.480 e. The highest BCUT2D eigenvalue weighted by Crippen LogP contribution is 2.04. The minimum absolute atomic E-state index is 0.0424. The van der Waals surface area contributed by atoms with Gasteiger partial charge in [0.1, 0.15) is 24.2 Å². The quantitative estimate of drug-likeness (QED) is 0.165. The van der Waals surface area contributed by atoms with Crippen LogP contribution in [0.4, 0.5) is 0 Å². The summed E-state index contributed by atoms with van der Waals surface area (Å²) < 4.78 is 0. The Morgan fingerprint density at radius 3 is 2.10 bits per heavy atom. The van der Waals surface area contributed by atoms with Gasteiger partial charge in [-0.15, -0.1) is 0 Å². The topological polar surface area (TPSA) is 220 Å². The summed E-state index contributed by atoms with van der Waals surface area (Å²) >= 11 is 0. The van der Waals surface area contributed by atoms with Gasteiger partial charge in [0.25, 0.3) is 0 Å². The normalized spacial score (nSPS) is 15.0. The van der Waals surface area contributed by atoms with Crippen LogP contribution in [0.25, 0.3) is 0 Å². The number of aliphatic hydroxyl groups excluding tert-OH is 2. The molecule has 4 unspecified atom stereocenters. The number of rotatable bonds is 12. The lowest BCUT2D eigenvalue weighted by molar-refractivity contribution is -0.143. The second-order valence-corrected chi connectivity index (χ2v) is 6.94. The minimum atomic E-state index is -1.45. The molecule has 0 radical (unpaired) electrons. The van der Waals surface area contributed by atoms with E-state index in [9.17, 15) is 29.4 Å². The zero-order valence-corrected chi connectivity index (χ0v) is 16.7. The molecule has 1 heterocycles. The van der Waals surface area contributed by atoms with Crippen LogP contribution in [0.15, 0.2) is 12.5 Å². The number of carbonyl (C=O) groups excluding carboxylic acids is 3. The average molecular weight is 428 g/mol. The number of aromatic nitrogens is 2. The standard InChI is InChI=1S/C17H28N6O7/c1-8(2)13(17(29)30)23-16(28)12(6-25)22-15(27)11(3-9-4-19-7-20-9)21-14(26)10(18)5-24/h4,7-8,10-13,24-25H,3,5-6,18H2,1-2H3,(H,19,20)(H,21,26)(H,22,27)(H,23,28)(H,29,30). The first-order valence-electron chi connectivity index (χ1n) is 9.19. The van der Waals surface area contributed by atoms with Crippen LogP contribution < -0.4 is 21.7 Å². The molecule has 0 aliphatic carbocycles. The summed E-state index contributed by atoms with van der Waals surface area (Å²) in [5.41, 5.74) is 5.94. The third-order valence-corrected chi connectivity index (χ3v) is 4.19. The number of hydrogen-bond donors (Lipinski definition) is 8. The molecular weight excluding hydrogens is 400 g/mol. The summed E-state index contributed by atoms with van der Waals surface area (Å²) in [7, 11) is 0. The number of nitrogens with two attached hydrogens (primary N) is 1. The van der Waals surface area contributed by atoms with Crippen LogP contribution in [0.3, 0.4) is 0 Å². The van der Waals surface area contributed by atoms with E-state index in [0.29, 0.717) is 5.69 Å². The number of hydrogen-bond acceptors (Lipinski definition) is 8. The molecule has 168 valence electrons. The maximum atomic E-state index is 12.7. The monoisotopic (exact) mass is 428 g/mol. The summed E-state index contributed by atoms with van der Waals surface area (Å²) in [6.07, 6.45) is 2.75. The van der Waals surface area contributed by atoms with Gasteiger partial charge in [-0.05, 0) is 5.92 Å². The Morgan fingerprint density at radius 2 is 1.63 bits per heavy atom. The van der Waals surface area contributed by atoms with E-state index in [1.807, 2.05) is 0 Å². The zero-order chi connectivity index (χ0) is 22.8. The zero-order valence-electron chi connectivity index (χ0n) is 16.7. The van der Waals surface area contributed by atoms with Crippen molar-refractivity contribution < 1.29 is 34.5 Å². The lowest BCUT2D eigenvalue weighted by Crippen LogP contribution is -2.59. The van der Waals surface area contributed by atoms with Crippen LogP contribution in [0, 0.1) is 5.92 Å². The van der Waals surface area contributed by atoms with Crippen LogP contribution in [0.1, 0.15) is 19.5 Å². The average Bonchev–Trinajstić information content (AvgIpc) is 3.21. The third-order valence-electron chi connectivity index (χ3n) is 4.19. The highest BCUT2D eigenvalue weighted by atomic mass is 16.4. The van der Waals surface area contributed by atoms with Gasteiger partial charge in [0.05, 0.1) is 19.5 Å². The highest BCUT2D eigenvalue weighted by Gasteiger charge is 2.31. The first-order chi connectivity index (χ1) is 14.1. The summed E-state index contributed by atoms with van der Waals surface area (Å²) in [5, 5.41) is 34.6. The third kappa shape index (κ3) is 7.42. The molecule has 0 saturated heterocycles. The molecule has 4 atom stereocenters. The Morgan fingerprint density at radius 1 is 1.03 bits per heavy atom. The Bertz CT molecular complexity index is 724. The number of amides is 3. The van der Waals surface area contributed by atoms with E-state index in [2.05, 4.69) is 25.9 Å². The molecule has 1 aromatic heterocycles. The number of aliphatic carboxylic acids is 1. The van der Waals surface area contributed by atoms with E-state index in [4.69, 9.17) is 10.8 Å². The van der Waals surface area contributed by atoms with E-state index in [-0.39, 0.29) is 6.42 Å². The van der Waals surface area contributed by atoms with Gasteiger partial charge in [0, 0.05) is 18.3 Å². The van der Waals surface area contributed by atoms with Crippen LogP contribution in [0.2, 0.25) is 0 Å². The molecule has 13 heteroatoms. The summed E-state index contributed by atoms with van der Waals surface area (Å²) in [4.78, 5) is 54.8. The fourth-order valence-corrected chi connectivity index (χ4v) is 2.42. The van der Waals surface area contributed by atoms with Crippen molar-refractivity contribution in [3.63, 3.8) is 0 Å². The maximum absolute atomic E-state index is 12.7. The van der Waals surface area contributed by atoms with Crippen LogP contribution >= 0.6 is 0 Å². The Hall–Kier alpha value is -3.03. The van der Waals surface area contributed by atoms with Crippen molar-refractivity contribution in [1.82, 2.24) is 25.9 Å². The molecule has 0 aliphatic heterocycles. The number of nitrogens with one attached hydrogen (secondary N) is 4.